The molecule has 1 aliphatic rings. The molecule has 0 aromatic heterocycles. The van der Waals surface area contributed by atoms with Crippen LogP contribution in [0.25, 0.3) is 0 Å². The van der Waals surface area contributed by atoms with Gasteiger partial charge in [-0.15, -0.1) is 0 Å². The van der Waals surface area contributed by atoms with Crippen molar-refractivity contribution in [3.63, 3.8) is 0 Å². The molecule has 3 aromatic rings. The number of carbonyl (C=O) groups is 2. The molecule has 0 spiro atoms. The number of amides is 2. The quantitative estimate of drug-likeness (QED) is 0.311. The highest BCUT2D eigenvalue weighted by atomic mass is 32.2. The molecule has 0 heterocycles. The monoisotopic (exact) mass is 607 g/mol. The van der Waals surface area contributed by atoms with Crippen LogP contribution in [0.15, 0.2) is 71.6 Å². The lowest BCUT2D eigenvalue weighted by molar-refractivity contribution is -0.139. The molecule has 43 heavy (non-hydrogen) atoms. The second-order valence-corrected chi connectivity index (χ2v) is 12.9. The molecule has 0 bridgehead atoms. The predicted molar refractivity (Wildman–Crippen MR) is 167 cm³/mol. The van der Waals surface area contributed by atoms with E-state index in [2.05, 4.69) is 5.32 Å². The average molecular weight is 608 g/mol. The summed E-state index contributed by atoms with van der Waals surface area (Å²) in [4.78, 5) is 29.1. The van der Waals surface area contributed by atoms with Crippen molar-refractivity contribution in [1.29, 1.82) is 0 Å². The lowest BCUT2D eigenvalue weighted by atomic mass is 10.1. The number of carbonyl (C=O) groups excluding carboxylic acids is 2. The fourth-order valence-corrected chi connectivity index (χ4v) is 6.74. The van der Waals surface area contributed by atoms with E-state index in [9.17, 15) is 18.0 Å². The van der Waals surface area contributed by atoms with Gasteiger partial charge in [-0.3, -0.25) is 13.9 Å². The molecule has 9 nitrogen and oxygen atoms in total. The molecule has 0 unspecified atom stereocenters. The number of anilines is 1. The summed E-state index contributed by atoms with van der Waals surface area (Å²) >= 11 is 0. The van der Waals surface area contributed by atoms with Crippen LogP contribution in [-0.4, -0.2) is 58.0 Å². The van der Waals surface area contributed by atoms with E-state index >= 15 is 0 Å². The molecule has 3 aromatic carbocycles. The van der Waals surface area contributed by atoms with Gasteiger partial charge in [0, 0.05) is 18.7 Å². The highest BCUT2D eigenvalue weighted by Gasteiger charge is 2.34. The number of ether oxygens (including phenoxy) is 2. The maximum absolute atomic E-state index is 14.3. The summed E-state index contributed by atoms with van der Waals surface area (Å²) < 4.78 is 40.3. The molecular formula is C33H41N3O6S. The third-order valence-corrected chi connectivity index (χ3v) is 9.62. The van der Waals surface area contributed by atoms with Gasteiger partial charge in [-0.05, 0) is 63.4 Å². The highest BCUT2D eigenvalue weighted by Crippen LogP contribution is 2.36. The fraction of sp³-hybridized carbons (Fsp3) is 0.394. The van der Waals surface area contributed by atoms with Crippen LogP contribution in [0.2, 0.25) is 0 Å². The van der Waals surface area contributed by atoms with Crippen molar-refractivity contribution in [3.8, 4) is 11.5 Å². The van der Waals surface area contributed by atoms with E-state index in [-0.39, 0.29) is 34.8 Å². The Labute approximate surface area is 254 Å². The van der Waals surface area contributed by atoms with Crippen molar-refractivity contribution in [2.45, 2.75) is 70.0 Å². The molecule has 2 amide bonds. The van der Waals surface area contributed by atoms with Gasteiger partial charge in [0.2, 0.25) is 11.8 Å². The van der Waals surface area contributed by atoms with Crippen LogP contribution in [0.5, 0.6) is 11.5 Å². The SMILES string of the molecule is COc1ccc(OC)c(N(CC(=O)N(Cc2cccc(C)c2)[C@@H](C)C(=O)NC2CCCC2)S(=O)(=O)c2ccc(C)cc2)c1. The molecule has 1 aliphatic carbocycles. The van der Waals surface area contributed by atoms with Crippen LogP contribution in [-0.2, 0) is 26.2 Å². The Bertz CT molecular complexity index is 1530. The molecule has 230 valence electrons. The predicted octanol–water partition coefficient (Wildman–Crippen LogP) is 4.99. The molecule has 1 saturated carbocycles. The summed E-state index contributed by atoms with van der Waals surface area (Å²) in [6.45, 7) is 5.07. The fourth-order valence-electron chi connectivity index (χ4n) is 5.32. The summed E-state index contributed by atoms with van der Waals surface area (Å²) in [5.41, 5.74) is 2.89. The topological polar surface area (TPSA) is 105 Å². The summed E-state index contributed by atoms with van der Waals surface area (Å²) in [5, 5.41) is 3.09. The smallest absolute Gasteiger partial charge is 0.264 e. The minimum atomic E-state index is -4.25. The van der Waals surface area contributed by atoms with Gasteiger partial charge >= 0.3 is 0 Å². The Morgan fingerprint density at radius 3 is 2.26 bits per heavy atom. The van der Waals surface area contributed by atoms with Crippen LogP contribution >= 0.6 is 0 Å². The number of hydrogen-bond donors (Lipinski definition) is 1. The third-order valence-electron chi connectivity index (χ3n) is 7.85. The van der Waals surface area contributed by atoms with Gasteiger partial charge in [-0.1, -0.05) is 60.4 Å². The van der Waals surface area contributed by atoms with E-state index in [4.69, 9.17) is 9.47 Å². The van der Waals surface area contributed by atoms with Gasteiger partial charge in [0.25, 0.3) is 10.0 Å². The highest BCUT2D eigenvalue weighted by molar-refractivity contribution is 7.92. The minimum Gasteiger partial charge on any atom is -0.497 e. The van der Waals surface area contributed by atoms with Gasteiger partial charge in [-0.2, -0.15) is 0 Å². The molecular weight excluding hydrogens is 566 g/mol. The van der Waals surface area contributed by atoms with Crippen molar-refractivity contribution in [3.05, 3.63) is 83.4 Å². The zero-order valence-electron chi connectivity index (χ0n) is 25.5. The number of hydrogen-bond acceptors (Lipinski definition) is 6. The molecule has 1 atom stereocenters. The van der Waals surface area contributed by atoms with E-state index in [1.165, 1.54) is 37.3 Å². The molecule has 0 saturated heterocycles. The Morgan fingerprint density at radius 1 is 0.930 bits per heavy atom. The zero-order valence-corrected chi connectivity index (χ0v) is 26.3. The second-order valence-electron chi connectivity index (χ2n) is 11.0. The Balaban J connectivity index is 1.76. The second kappa shape index (κ2) is 13.9. The number of nitrogens with zero attached hydrogens (tertiary/aromatic N) is 2. The van der Waals surface area contributed by atoms with E-state index in [1.54, 1.807) is 31.2 Å². The largest absolute Gasteiger partial charge is 0.497 e. The van der Waals surface area contributed by atoms with Crippen molar-refractivity contribution in [2.24, 2.45) is 0 Å². The van der Waals surface area contributed by atoms with Crippen molar-refractivity contribution < 1.29 is 27.5 Å². The first-order valence-electron chi connectivity index (χ1n) is 14.5. The minimum absolute atomic E-state index is 0.0213. The van der Waals surface area contributed by atoms with Gasteiger partial charge in [0.15, 0.2) is 0 Å². The van der Waals surface area contributed by atoms with Crippen molar-refractivity contribution in [1.82, 2.24) is 10.2 Å². The standard InChI is InChI=1S/C33H41N3O6S/c1-23-13-16-29(17-14-23)43(39,40)36(30-20-28(41-4)15-18-31(30)42-5)22-32(37)35(21-26-10-8-9-24(2)19-26)25(3)33(38)34-27-11-6-7-12-27/h8-10,13-20,25,27H,6-7,11-12,21-22H2,1-5H3,(H,34,38)/t25-/m0/s1. The number of aryl methyl sites for hydroxylation is 2. The number of benzene rings is 3. The summed E-state index contributed by atoms with van der Waals surface area (Å²) in [6.07, 6.45) is 3.92. The van der Waals surface area contributed by atoms with Gasteiger partial charge < -0.3 is 19.7 Å². The summed E-state index contributed by atoms with van der Waals surface area (Å²) in [7, 11) is -1.34. The molecule has 0 radical (unpaired) electrons. The van der Waals surface area contributed by atoms with E-state index in [1.807, 2.05) is 38.1 Å². The number of rotatable bonds is 12. The first-order chi connectivity index (χ1) is 20.5. The maximum Gasteiger partial charge on any atom is 0.264 e. The van der Waals surface area contributed by atoms with E-state index < -0.39 is 28.5 Å². The van der Waals surface area contributed by atoms with Crippen molar-refractivity contribution in [2.75, 3.05) is 25.1 Å². The number of sulfonamides is 1. The Hall–Kier alpha value is -4.05. The Morgan fingerprint density at radius 2 is 1.63 bits per heavy atom. The Kier molecular flexibility index (Phi) is 10.3. The lowest BCUT2D eigenvalue weighted by Gasteiger charge is -2.33. The molecule has 10 heteroatoms. The summed E-state index contributed by atoms with van der Waals surface area (Å²) in [5.74, 6) is -0.147. The first-order valence-corrected chi connectivity index (χ1v) is 15.9. The average Bonchev–Trinajstić information content (AvgIpc) is 3.51. The van der Waals surface area contributed by atoms with Crippen LogP contribution in [0.1, 0.15) is 49.3 Å². The lowest BCUT2D eigenvalue weighted by Crippen LogP contribution is -2.52. The third kappa shape index (κ3) is 7.67. The van der Waals surface area contributed by atoms with Crippen LogP contribution < -0.4 is 19.1 Å². The molecule has 0 aliphatic heterocycles. The van der Waals surface area contributed by atoms with Crippen LogP contribution in [0.4, 0.5) is 5.69 Å². The zero-order chi connectivity index (χ0) is 31.1. The van der Waals surface area contributed by atoms with E-state index in [0.29, 0.717) is 5.75 Å². The van der Waals surface area contributed by atoms with Gasteiger partial charge in [0.1, 0.15) is 24.1 Å². The maximum atomic E-state index is 14.3. The first kappa shape index (κ1) is 31.9. The van der Waals surface area contributed by atoms with E-state index in [0.717, 1.165) is 46.7 Å². The van der Waals surface area contributed by atoms with Gasteiger partial charge in [-0.25, -0.2) is 8.42 Å². The van der Waals surface area contributed by atoms with Crippen molar-refractivity contribution >= 4 is 27.5 Å². The number of methoxy groups -OCH3 is 2. The molecule has 1 N–H and O–H groups in total. The number of nitrogens with one attached hydrogen (secondary N) is 1. The molecule has 4 rings (SSSR count). The van der Waals surface area contributed by atoms with Gasteiger partial charge in [0.05, 0.1) is 24.8 Å². The summed E-state index contributed by atoms with van der Waals surface area (Å²) in [6, 6.07) is 18.1. The molecule has 1 fully saturated rings. The van der Waals surface area contributed by atoms with Crippen LogP contribution in [0, 0.1) is 13.8 Å². The normalized spacial score (nSPS) is 14.2. The van der Waals surface area contributed by atoms with Crippen LogP contribution in [0.3, 0.4) is 0 Å².